The van der Waals surface area contributed by atoms with E-state index in [1.54, 1.807) is 0 Å². The minimum atomic E-state index is 0.770. The zero-order valence-electron chi connectivity index (χ0n) is 9.92. The number of nitrogens with two attached hydrogens (primary N) is 1. The summed E-state index contributed by atoms with van der Waals surface area (Å²) in [6, 6.07) is 12.3. The van der Waals surface area contributed by atoms with Crippen molar-refractivity contribution in [1.29, 1.82) is 0 Å². The Morgan fingerprint density at radius 3 is 2.29 bits per heavy atom. The number of aryl methyl sites for hydroxylation is 2. The molecule has 0 saturated carbocycles. The van der Waals surface area contributed by atoms with Gasteiger partial charge in [0.1, 0.15) is 0 Å². The Labute approximate surface area is 115 Å². The molecule has 0 bridgehead atoms. The molecule has 0 amide bonds. The van der Waals surface area contributed by atoms with Crippen LogP contribution in [-0.4, -0.2) is 0 Å². The first-order chi connectivity index (χ1) is 8.06. The molecule has 0 radical (unpaired) electrons. The van der Waals surface area contributed by atoms with Gasteiger partial charge in [0.15, 0.2) is 0 Å². The average molecular weight is 338 g/mol. The first kappa shape index (κ1) is 12.2. The normalized spacial score (nSPS) is 10.3. The summed E-state index contributed by atoms with van der Waals surface area (Å²) in [6.45, 7) is 4.15. The zero-order chi connectivity index (χ0) is 12.4. The molecule has 2 aromatic rings. The van der Waals surface area contributed by atoms with Crippen molar-refractivity contribution in [2.45, 2.75) is 13.8 Å². The van der Waals surface area contributed by atoms with Gasteiger partial charge in [0, 0.05) is 3.57 Å². The van der Waals surface area contributed by atoms with Crippen LogP contribution in [0.4, 0.5) is 17.1 Å². The SMILES string of the molecule is Cc1ccc(Nc2cc(C)ccc2N)c(I)c1. The molecule has 0 spiro atoms. The molecule has 2 aromatic carbocycles. The highest BCUT2D eigenvalue weighted by molar-refractivity contribution is 14.1. The molecular formula is C14H15IN2. The van der Waals surface area contributed by atoms with E-state index in [1.165, 1.54) is 14.7 Å². The monoisotopic (exact) mass is 338 g/mol. The van der Waals surface area contributed by atoms with Gasteiger partial charge in [-0.05, 0) is 71.8 Å². The topological polar surface area (TPSA) is 38.0 Å². The zero-order valence-corrected chi connectivity index (χ0v) is 12.1. The van der Waals surface area contributed by atoms with Gasteiger partial charge in [-0.1, -0.05) is 12.1 Å². The molecule has 0 atom stereocenters. The molecule has 88 valence electrons. The van der Waals surface area contributed by atoms with E-state index in [1.807, 2.05) is 12.1 Å². The Balaban J connectivity index is 2.34. The number of anilines is 3. The van der Waals surface area contributed by atoms with Crippen molar-refractivity contribution in [3.8, 4) is 0 Å². The number of nitrogens with one attached hydrogen (secondary N) is 1. The average Bonchev–Trinajstić information content (AvgIpc) is 2.27. The van der Waals surface area contributed by atoms with E-state index < -0.39 is 0 Å². The molecule has 3 heteroatoms. The van der Waals surface area contributed by atoms with Gasteiger partial charge in [0.2, 0.25) is 0 Å². The minimum absolute atomic E-state index is 0.770. The van der Waals surface area contributed by atoms with Crippen LogP contribution in [0.2, 0.25) is 0 Å². The Kier molecular flexibility index (Phi) is 3.57. The van der Waals surface area contributed by atoms with Gasteiger partial charge in [0.05, 0.1) is 17.1 Å². The maximum atomic E-state index is 5.95. The van der Waals surface area contributed by atoms with Gasteiger partial charge in [-0.15, -0.1) is 0 Å². The number of hydrogen-bond donors (Lipinski definition) is 2. The summed E-state index contributed by atoms with van der Waals surface area (Å²) in [5, 5.41) is 3.38. The van der Waals surface area contributed by atoms with E-state index >= 15 is 0 Å². The number of halogens is 1. The predicted molar refractivity (Wildman–Crippen MR) is 82.8 cm³/mol. The van der Waals surface area contributed by atoms with Crippen LogP contribution in [0, 0.1) is 17.4 Å². The Hall–Kier alpha value is -1.23. The van der Waals surface area contributed by atoms with Crippen molar-refractivity contribution in [2.75, 3.05) is 11.1 Å². The van der Waals surface area contributed by atoms with Crippen molar-refractivity contribution in [3.05, 3.63) is 51.1 Å². The smallest absolute Gasteiger partial charge is 0.0620 e. The Morgan fingerprint density at radius 2 is 1.59 bits per heavy atom. The fourth-order valence-corrected chi connectivity index (χ4v) is 2.45. The maximum Gasteiger partial charge on any atom is 0.0620 e. The summed E-state index contributed by atoms with van der Waals surface area (Å²) < 4.78 is 1.20. The molecule has 0 heterocycles. The molecule has 0 aliphatic heterocycles. The van der Waals surface area contributed by atoms with Crippen LogP contribution >= 0.6 is 22.6 Å². The van der Waals surface area contributed by atoms with Gasteiger partial charge >= 0.3 is 0 Å². The number of nitrogen functional groups attached to an aromatic ring is 1. The van der Waals surface area contributed by atoms with Crippen LogP contribution in [0.1, 0.15) is 11.1 Å². The van der Waals surface area contributed by atoms with E-state index in [2.05, 4.69) is 66.0 Å². The van der Waals surface area contributed by atoms with Gasteiger partial charge in [-0.3, -0.25) is 0 Å². The van der Waals surface area contributed by atoms with E-state index in [4.69, 9.17) is 5.73 Å². The Morgan fingerprint density at radius 1 is 0.941 bits per heavy atom. The first-order valence-corrected chi connectivity index (χ1v) is 6.53. The van der Waals surface area contributed by atoms with Crippen molar-refractivity contribution >= 4 is 39.7 Å². The van der Waals surface area contributed by atoms with Crippen LogP contribution in [0.3, 0.4) is 0 Å². The number of rotatable bonds is 2. The van der Waals surface area contributed by atoms with Crippen molar-refractivity contribution < 1.29 is 0 Å². The maximum absolute atomic E-state index is 5.95. The molecule has 0 aromatic heterocycles. The molecule has 0 aliphatic carbocycles. The van der Waals surface area contributed by atoms with Crippen molar-refractivity contribution in [1.82, 2.24) is 0 Å². The van der Waals surface area contributed by atoms with Crippen molar-refractivity contribution in [2.24, 2.45) is 0 Å². The Bertz CT molecular complexity index is 550. The van der Waals surface area contributed by atoms with E-state index in [0.717, 1.165) is 17.1 Å². The summed E-state index contributed by atoms with van der Waals surface area (Å²) in [7, 11) is 0. The third-order valence-corrected chi connectivity index (χ3v) is 3.50. The second kappa shape index (κ2) is 4.96. The van der Waals surface area contributed by atoms with Crippen LogP contribution < -0.4 is 11.1 Å². The lowest BCUT2D eigenvalue weighted by Crippen LogP contribution is -1.98. The highest BCUT2D eigenvalue weighted by Crippen LogP contribution is 2.27. The number of benzene rings is 2. The molecule has 3 N–H and O–H groups in total. The van der Waals surface area contributed by atoms with Gasteiger partial charge in [0.25, 0.3) is 0 Å². The minimum Gasteiger partial charge on any atom is -0.397 e. The van der Waals surface area contributed by atoms with Crippen LogP contribution in [0.5, 0.6) is 0 Å². The van der Waals surface area contributed by atoms with Gasteiger partial charge in [-0.25, -0.2) is 0 Å². The fraction of sp³-hybridized carbons (Fsp3) is 0.143. The lowest BCUT2D eigenvalue weighted by Gasteiger charge is -2.12. The van der Waals surface area contributed by atoms with E-state index in [0.29, 0.717) is 0 Å². The molecule has 2 nitrogen and oxygen atoms in total. The summed E-state index contributed by atoms with van der Waals surface area (Å²) in [6.07, 6.45) is 0. The van der Waals surface area contributed by atoms with Crippen LogP contribution in [-0.2, 0) is 0 Å². The molecule has 0 unspecified atom stereocenters. The van der Waals surface area contributed by atoms with Crippen LogP contribution in [0.15, 0.2) is 36.4 Å². The summed E-state index contributed by atoms with van der Waals surface area (Å²) in [5.41, 5.74) is 11.2. The first-order valence-electron chi connectivity index (χ1n) is 5.45. The molecular weight excluding hydrogens is 323 g/mol. The molecule has 17 heavy (non-hydrogen) atoms. The number of hydrogen-bond acceptors (Lipinski definition) is 2. The molecule has 2 rings (SSSR count). The second-order valence-corrected chi connectivity index (χ2v) is 5.36. The highest BCUT2D eigenvalue weighted by atomic mass is 127. The predicted octanol–water partition coefficient (Wildman–Crippen LogP) is 4.23. The summed E-state index contributed by atoms with van der Waals surface area (Å²) >= 11 is 2.33. The quantitative estimate of drug-likeness (QED) is 0.635. The summed E-state index contributed by atoms with van der Waals surface area (Å²) in [5.74, 6) is 0. The van der Waals surface area contributed by atoms with Gasteiger partial charge in [-0.2, -0.15) is 0 Å². The third kappa shape index (κ3) is 2.91. The molecule has 0 fully saturated rings. The van der Waals surface area contributed by atoms with Crippen LogP contribution in [0.25, 0.3) is 0 Å². The van der Waals surface area contributed by atoms with E-state index in [9.17, 15) is 0 Å². The lowest BCUT2D eigenvalue weighted by atomic mass is 10.1. The van der Waals surface area contributed by atoms with Crippen molar-refractivity contribution in [3.63, 3.8) is 0 Å². The lowest BCUT2D eigenvalue weighted by molar-refractivity contribution is 1.41. The highest BCUT2D eigenvalue weighted by Gasteiger charge is 2.03. The fourth-order valence-electron chi connectivity index (χ4n) is 1.64. The van der Waals surface area contributed by atoms with Gasteiger partial charge < -0.3 is 11.1 Å². The summed E-state index contributed by atoms with van der Waals surface area (Å²) in [4.78, 5) is 0. The van der Waals surface area contributed by atoms with E-state index in [-0.39, 0.29) is 0 Å². The standard InChI is InChI=1S/C14H15IN2/c1-9-4-6-13(11(15)7-9)17-14-8-10(2)3-5-12(14)16/h3-8,17H,16H2,1-2H3. The molecule has 0 saturated heterocycles. The largest absolute Gasteiger partial charge is 0.397 e. The second-order valence-electron chi connectivity index (χ2n) is 4.20. The third-order valence-electron chi connectivity index (χ3n) is 2.60. The molecule has 0 aliphatic rings.